The smallest absolute Gasteiger partial charge is 0.213 e. The highest BCUT2D eigenvalue weighted by Gasteiger charge is 2.16. The minimum Gasteiger partial charge on any atom is -0.481 e. The van der Waals surface area contributed by atoms with Gasteiger partial charge in [-0.3, -0.25) is 0 Å². The fourth-order valence-corrected chi connectivity index (χ4v) is 4.78. The van der Waals surface area contributed by atoms with Crippen molar-refractivity contribution in [2.24, 2.45) is 14.1 Å². The molecule has 0 spiro atoms. The Morgan fingerprint density at radius 1 is 0.714 bits per heavy atom. The molecule has 0 unspecified atom stereocenters. The predicted molar refractivity (Wildman–Crippen MR) is 138 cm³/mol. The van der Waals surface area contributed by atoms with Crippen molar-refractivity contribution < 1.29 is 18.3 Å². The Morgan fingerprint density at radius 2 is 1.29 bits per heavy atom. The second-order valence-electron chi connectivity index (χ2n) is 7.75. The Balaban J connectivity index is 0.000000145. The maximum Gasteiger partial charge on any atom is 0.213 e. The molecule has 35 heavy (non-hydrogen) atoms. The molecule has 11 heteroatoms. The fourth-order valence-electron chi connectivity index (χ4n) is 4.11. The SMILES string of the molecule is COc1cc2c3c(I)c(F)cnc3n(C)c2cn1.COc1cc2c3cc(F)cnc3n(C)c2cn1. The lowest BCUT2D eigenvalue weighted by Gasteiger charge is -1.99. The number of fused-ring (bicyclic) bond motifs is 6. The minimum absolute atomic E-state index is 0.314. The summed E-state index contributed by atoms with van der Waals surface area (Å²) in [5.74, 6) is 0.358. The predicted octanol–water partition coefficient (Wildman–Crippen LogP) is 5.14. The molecule has 0 aromatic carbocycles. The highest BCUT2D eigenvalue weighted by molar-refractivity contribution is 14.1. The van der Waals surface area contributed by atoms with Crippen LogP contribution in [0.5, 0.6) is 11.8 Å². The van der Waals surface area contributed by atoms with Crippen LogP contribution in [0.1, 0.15) is 0 Å². The first-order valence-electron chi connectivity index (χ1n) is 10.4. The first-order valence-corrected chi connectivity index (χ1v) is 11.5. The molecule has 0 N–H and O–H groups in total. The first kappa shape index (κ1) is 23.1. The van der Waals surface area contributed by atoms with Crippen LogP contribution in [0.25, 0.3) is 43.9 Å². The van der Waals surface area contributed by atoms with Crippen LogP contribution in [0.2, 0.25) is 0 Å². The van der Waals surface area contributed by atoms with E-state index in [1.165, 1.54) is 18.5 Å². The van der Waals surface area contributed by atoms with Crippen molar-refractivity contribution in [1.29, 1.82) is 0 Å². The van der Waals surface area contributed by atoms with Crippen molar-refractivity contribution in [1.82, 2.24) is 29.1 Å². The molecule has 6 aromatic heterocycles. The van der Waals surface area contributed by atoms with Gasteiger partial charge in [-0.05, 0) is 28.7 Å². The molecule has 6 aromatic rings. The molecule has 0 fully saturated rings. The Hall–Kier alpha value is -3.61. The molecule has 0 saturated heterocycles. The second kappa shape index (κ2) is 8.87. The van der Waals surface area contributed by atoms with Crippen molar-refractivity contribution in [3.8, 4) is 11.8 Å². The summed E-state index contributed by atoms with van der Waals surface area (Å²) in [6.07, 6.45) is 5.87. The Labute approximate surface area is 211 Å². The monoisotopic (exact) mass is 588 g/mol. The van der Waals surface area contributed by atoms with Crippen molar-refractivity contribution in [3.63, 3.8) is 0 Å². The van der Waals surface area contributed by atoms with Crippen LogP contribution in [0.4, 0.5) is 8.78 Å². The molecule has 6 rings (SSSR count). The van der Waals surface area contributed by atoms with Gasteiger partial charge in [0, 0.05) is 47.8 Å². The van der Waals surface area contributed by atoms with Gasteiger partial charge in [-0.25, -0.2) is 28.7 Å². The summed E-state index contributed by atoms with van der Waals surface area (Å²) in [6.45, 7) is 0. The summed E-state index contributed by atoms with van der Waals surface area (Å²) in [6, 6.07) is 5.07. The molecule has 0 aliphatic rings. The lowest BCUT2D eigenvalue weighted by atomic mass is 10.2. The van der Waals surface area contributed by atoms with Crippen LogP contribution < -0.4 is 9.47 Å². The van der Waals surface area contributed by atoms with E-state index in [4.69, 9.17) is 9.47 Å². The zero-order valence-corrected chi connectivity index (χ0v) is 21.3. The summed E-state index contributed by atoms with van der Waals surface area (Å²) in [4.78, 5) is 16.5. The number of aryl methyl sites for hydroxylation is 2. The Bertz CT molecular complexity index is 1750. The molecular weight excluding hydrogens is 569 g/mol. The molecule has 0 aliphatic heterocycles. The highest BCUT2D eigenvalue weighted by atomic mass is 127. The van der Waals surface area contributed by atoms with Gasteiger partial charge in [0.1, 0.15) is 17.1 Å². The van der Waals surface area contributed by atoms with E-state index in [2.05, 4.69) is 19.9 Å². The van der Waals surface area contributed by atoms with Gasteiger partial charge < -0.3 is 18.6 Å². The van der Waals surface area contributed by atoms with E-state index < -0.39 is 0 Å². The van der Waals surface area contributed by atoms with Gasteiger partial charge in [0.25, 0.3) is 0 Å². The first-order chi connectivity index (χ1) is 16.8. The molecule has 0 amide bonds. The van der Waals surface area contributed by atoms with Crippen molar-refractivity contribution in [3.05, 3.63) is 58.2 Å². The number of methoxy groups -OCH3 is 2. The quantitative estimate of drug-likeness (QED) is 0.261. The number of hydrogen-bond donors (Lipinski definition) is 0. The summed E-state index contributed by atoms with van der Waals surface area (Å²) in [5.41, 5.74) is 3.28. The molecule has 0 aliphatic carbocycles. The van der Waals surface area contributed by atoms with Gasteiger partial charge in [0.05, 0.1) is 53.6 Å². The number of ether oxygens (including phenoxy) is 2. The third-order valence-corrected chi connectivity index (χ3v) is 6.89. The number of rotatable bonds is 2. The van der Waals surface area contributed by atoms with Crippen LogP contribution in [0, 0.1) is 15.2 Å². The minimum atomic E-state index is -0.347. The largest absolute Gasteiger partial charge is 0.481 e. The van der Waals surface area contributed by atoms with Gasteiger partial charge in [0.15, 0.2) is 5.82 Å². The molecule has 0 radical (unpaired) electrons. The van der Waals surface area contributed by atoms with Crippen molar-refractivity contribution in [2.45, 2.75) is 0 Å². The molecule has 178 valence electrons. The van der Waals surface area contributed by atoms with Gasteiger partial charge in [-0.1, -0.05) is 0 Å². The zero-order valence-electron chi connectivity index (χ0n) is 19.2. The third-order valence-electron chi connectivity index (χ3n) is 5.84. The average molecular weight is 588 g/mol. The molecule has 0 atom stereocenters. The maximum atomic E-state index is 13.6. The van der Waals surface area contributed by atoms with E-state index >= 15 is 0 Å². The lowest BCUT2D eigenvalue weighted by molar-refractivity contribution is 0.398. The Morgan fingerprint density at radius 3 is 1.94 bits per heavy atom. The topological polar surface area (TPSA) is 79.9 Å². The van der Waals surface area contributed by atoms with Gasteiger partial charge in [-0.2, -0.15) is 0 Å². The number of halogens is 3. The number of pyridine rings is 4. The molecule has 0 saturated carbocycles. The number of nitrogens with zero attached hydrogens (tertiary/aromatic N) is 6. The van der Waals surface area contributed by atoms with E-state index in [-0.39, 0.29) is 11.6 Å². The summed E-state index contributed by atoms with van der Waals surface area (Å²) < 4.78 is 41.4. The van der Waals surface area contributed by atoms with Gasteiger partial charge >= 0.3 is 0 Å². The van der Waals surface area contributed by atoms with E-state index in [0.717, 1.165) is 43.9 Å². The van der Waals surface area contributed by atoms with Crippen molar-refractivity contribution >= 4 is 66.5 Å². The normalized spacial score (nSPS) is 11.3. The maximum absolute atomic E-state index is 13.6. The highest BCUT2D eigenvalue weighted by Crippen LogP contribution is 2.33. The Kier molecular flexibility index (Phi) is 5.87. The molecule has 8 nitrogen and oxygen atoms in total. The second-order valence-corrected chi connectivity index (χ2v) is 8.83. The summed E-state index contributed by atoms with van der Waals surface area (Å²) in [7, 11) is 6.88. The van der Waals surface area contributed by atoms with Crippen LogP contribution in [-0.2, 0) is 14.1 Å². The zero-order chi connectivity index (χ0) is 24.9. The van der Waals surface area contributed by atoms with E-state index in [0.29, 0.717) is 15.3 Å². The van der Waals surface area contributed by atoms with Crippen LogP contribution in [0.3, 0.4) is 0 Å². The molecule has 0 bridgehead atoms. The van der Waals surface area contributed by atoms with Crippen LogP contribution in [-0.4, -0.2) is 43.3 Å². The molecule has 6 heterocycles. The third kappa shape index (κ3) is 3.79. The fraction of sp³-hybridized carbons (Fsp3) is 0.167. The van der Waals surface area contributed by atoms with E-state index in [9.17, 15) is 8.78 Å². The van der Waals surface area contributed by atoms with E-state index in [1.807, 2.05) is 45.8 Å². The van der Waals surface area contributed by atoms with Crippen LogP contribution in [0.15, 0.2) is 43.0 Å². The summed E-state index contributed by atoms with van der Waals surface area (Å²) >= 11 is 2.00. The number of hydrogen-bond acceptors (Lipinski definition) is 6. The van der Waals surface area contributed by atoms with E-state index in [1.54, 1.807) is 38.7 Å². The van der Waals surface area contributed by atoms with Crippen LogP contribution >= 0.6 is 22.6 Å². The lowest BCUT2D eigenvalue weighted by Crippen LogP contribution is -1.92. The van der Waals surface area contributed by atoms with Gasteiger partial charge in [0.2, 0.25) is 11.8 Å². The summed E-state index contributed by atoms with van der Waals surface area (Å²) in [5, 5.41) is 3.36. The average Bonchev–Trinajstić information content (AvgIpc) is 3.32. The number of aromatic nitrogens is 6. The van der Waals surface area contributed by atoms with Gasteiger partial charge in [-0.15, -0.1) is 0 Å². The molecular formula is C24H19F2IN6O2. The van der Waals surface area contributed by atoms with Crippen molar-refractivity contribution in [2.75, 3.05) is 14.2 Å². The standard InChI is InChI=1S/C12H9FIN3O.C12H10FN3O/c1-17-8-5-15-9(18-2)3-6(8)10-11(14)7(13)4-16-12(10)17;1-16-10-6-14-11(17-2)4-8(10)9-3-7(13)5-15-12(9)16/h3-5H,1-2H3;3-6H,1-2H3.